The number of fused-ring (bicyclic) bond motifs is 3. The Bertz CT molecular complexity index is 1500. The highest BCUT2D eigenvalue weighted by Crippen LogP contribution is 2.40. The van der Waals surface area contributed by atoms with Crippen LogP contribution in [-0.2, 0) is 0 Å². The van der Waals surface area contributed by atoms with Gasteiger partial charge >= 0.3 is 0 Å². The normalized spacial score (nSPS) is 11.4. The molecule has 6 aromatic rings. The van der Waals surface area contributed by atoms with Crippen LogP contribution in [0.5, 0.6) is 0 Å². The summed E-state index contributed by atoms with van der Waals surface area (Å²) in [6.45, 7) is 0. The van der Waals surface area contributed by atoms with Crippen molar-refractivity contribution in [2.24, 2.45) is 0 Å². The van der Waals surface area contributed by atoms with Gasteiger partial charge in [-0.3, -0.25) is 0 Å². The standard InChI is InChI=1S/C28H16Cl2N2/c29-23-21-15-7-13-19(17-9-3-1-4-10-17)25(21)31-27-24(30)22-16-8-14-20(26(22)32-28(23)27)18-11-5-2-6-12-18/h1-16H. The molecule has 0 saturated heterocycles. The molecule has 4 heteroatoms. The lowest BCUT2D eigenvalue weighted by Crippen LogP contribution is -1.94. The SMILES string of the molecule is Clc1c2cccc(-c3ccccc3)c2nc2c(Cl)c3cccc(-c4ccccc4)c3nc12. The molecule has 0 saturated carbocycles. The Morgan fingerprint density at radius 1 is 0.406 bits per heavy atom. The maximum atomic E-state index is 6.94. The van der Waals surface area contributed by atoms with Crippen LogP contribution in [0.15, 0.2) is 97.1 Å². The Balaban J connectivity index is 1.73. The minimum atomic E-state index is 0.564. The molecule has 4 aromatic carbocycles. The molecule has 0 fully saturated rings. The second kappa shape index (κ2) is 7.59. The molecule has 0 spiro atoms. The molecular weight excluding hydrogens is 435 g/mol. The smallest absolute Gasteiger partial charge is 0.110 e. The molecule has 0 bridgehead atoms. The molecule has 0 aliphatic rings. The zero-order valence-electron chi connectivity index (χ0n) is 16.9. The Labute approximate surface area is 195 Å². The summed E-state index contributed by atoms with van der Waals surface area (Å²) in [4.78, 5) is 9.98. The maximum Gasteiger partial charge on any atom is 0.110 e. The Morgan fingerprint density at radius 3 is 1.22 bits per heavy atom. The summed E-state index contributed by atoms with van der Waals surface area (Å²) in [7, 11) is 0. The molecule has 2 heterocycles. The van der Waals surface area contributed by atoms with Crippen molar-refractivity contribution in [1.82, 2.24) is 9.97 Å². The van der Waals surface area contributed by atoms with Crippen molar-refractivity contribution in [3.63, 3.8) is 0 Å². The average Bonchev–Trinajstić information content (AvgIpc) is 2.85. The van der Waals surface area contributed by atoms with E-state index in [1.54, 1.807) is 0 Å². The van der Waals surface area contributed by atoms with Crippen molar-refractivity contribution >= 4 is 56.0 Å². The third-order valence-corrected chi connectivity index (χ3v) is 6.57. The van der Waals surface area contributed by atoms with E-state index >= 15 is 0 Å². The van der Waals surface area contributed by atoms with Crippen LogP contribution in [0.4, 0.5) is 0 Å². The van der Waals surface area contributed by atoms with E-state index in [0.717, 1.165) is 44.1 Å². The molecule has 0 unspecified atom stereocenters. The van der Waals surface area contributed by atoms with E-state index in [2.05, 4.69) is 36.4 Å². The zero-order valence-corrected chi connectivity index (χ0v) is 18.4. The number of hydrogen-bond acceptors (Lipinski definition) is 2. The maximum absolute atomic E-state index is 6.94. The number of pyridine rings is 2. The van der Waals surface area contributed by atoms with Gasteiger partial charge in [-0.05, 0) is 11.1 Å². The predicted octanol–water partition coefficient (Wildman–Crippen LogP) is 8.58. The van der Waals surface area contributed by atoms with Gasteiger partial charge in [-0.2, -0.15) is 0 Å². The number of halogens is 2. The van der Waals surface area contributed by atoms with Gasteiger partial charge in [0.2, 0.25) is 0 Å². The molecular formula is C28H16Cl2N2. The van der Waals surface area contributed by atoms with Gasteiger partial charge in [-0.15, -0.1) is 0 Å². The second-order valence-electron chi connectivity index (χ2n) is 7.68. The molecule has 0 radical (unpaired) electrons. The molecule has 2 aromatic heterocycles. The van der Waals surface area contributed by atoms with Gasteiger partial charge in [-0.25, -0.2) is 9.97 Å². The van der Waals surface area contributed by atoms with Gasteiger partial charge in [0.25, 0.3) is 0 Å². The zero-order chi connectivity index (χ0) is 21.7. The van der Waals surface area contributed by atoms with Crippen LogP contribution in [0.3, 0.4) is 0 Å². The summed E-state index contributed by atoms with van der Waals surface area (Å²) >= 11 is 13.9. The van der Waals surface area contributed by atoms with E-state index < -0.39 is 0 Å². The van der Waals surface area contributed by atoms with Gasteiger partial charge in [0.05, 0.1) is 21.1 Å². The number of nitrogens with zero attached hydrogens (tertiary/aromatic N) is 2. The summed E-state index contributed by atoms with van der Waals surface area (Å²) in [5.74, 6) is 0. The monoisotopic (exact) mass is 450 g/mol. The molecule has 0 atom stereocenters. The van der Waals surface area contributed by atoms with E-state index in [1.807, 2.05) is 60.7 Å². The number of rotatable bonds is 2. The number of hydrogen-bond donors (Lipinski definition) is 0. The van der Waals surface area contributed by atoms with Crippen molar-refractivity contribution < 1.29 is 0 Å². The number of benzene rings is 4. The topological polar surface area (TPSA) is 25.8 Å². The summed E-state index contributed by atoms with van der Waals surface area (Å²) in [6.07, 6.45) is 0. The molecule has 0 amide bonds. The molecule has 2 nitrogen and oxygen atoms in total. The molecule has 6 rings (SSSR count). The van der Waals surface area contributed by atoms with Crippen LogP contribution >= 0.6 is 23.2 Å². The van der Waals surface area contributed by atoms with Gasteiger partial charge < -0.3 is 0 Å². The third-order valence-electron chi connectivity index (χ3n) is 5.80. The summed E-state index contributed by atoms with van der Waals surface area (Å²) in [6, 6.07) is 32.4. The molecule has 0 N–H and O–H groups in total. The Kier molecular flexibility index (Phi) is 4.57. The molecule has 0 aliphatic carbocycles. The van der Waals surface area contributed by atoms with Crippen molar-refractivity contribution in [2.45, 2.75) is 0 Å². The van der Waals surface area contributed by atoms with Crippen molar-refractivity contribution in [1.29, 1.82) is 0 Å². The average molecular weight is 451 g/mol. The van der Waals surface area contributed by atoms with Crippen molar-refractivity contribution in [2.75, 3.05) is 0 Å². The minimum Gasteiger partial charge on any atom is -0.244 e. The van der Waals surface area contributed by atoms with Crippen LogP contribution in [0.25, 0.3) is 55.1 Å². The first-order valence-corrected chi connectivity index (χ1v) is 11.1. The van der Waals surface area contributed by atoms with Crippen molar-refractivity contribution in [3.05, 3.63) is 107 Å². The highest BCUT2D eigenvalue weighted by Gasteiger charge is 2.18. The minimum absolute atomic E-state index is 0.564. The molecule has 32 heavy (non-hydrogen) atoms. The largest absolute Gasteiger partial charge is 0.244 e. The molecule has 152 valence electrons. The highest BCUT2D eigenvalue weighted by atomic mass is 35.5. The van der Waals surface area contributed by atoms with Crippen LogP contribution in [0, 0.1) is 0 Å². The molecule has 0 aliphatic heterocycles. The lowest BCUT2D eigenvalue weighted by molar-refractivity contribution is 1.43. The number of aromatic nitrogens is 2. The van der Waals surface area contributed by atoms with E-state index in [1.165, 1.54) is 0 Å². The van der Waals surface area contributed by atoms with Gasteiger partial charge in [0, 0.05) is 21.9 Å². The van der Waals surface area contributed by atoms with Crippen molar-refractivity contribution in [3.8, 4) is 22.3 Å². The summed E-state index contributed by atoms with van der Waals surface area (Å²) in [5.41, 5.74) is 7.06. The summed E-state index contributed by atoms with van der Waals surface area (Å²) < 4.78 is 0. The van der Waals surface area contributed by atoms with Crippen LogP contribution < -0.4 is 0 Å². The predicted molar refractivity (Wildman–Crippen MR) is 135 cm³/mol. The fraction of sp³-hybridized carbons (Fsp3) is 0. The van der Waals surface area contributed by atoms with Crippen LogP contribution in [0.2, 0.25) is 10.0 Å². The second-order valence-corrected chi connectivity index (χ2v) is 8.44. The summed E-state index contributed by atoms with van der Waals surface area (Å²) in [5, 5.41) is 2.85. The van der Waals surface area contributed by atoms with Gasteiger partial charge in [0.15, 0.2) is 0 Å². The third kappa shape index (κ3) is 2.96. The fourth-order valence-corrected chi connectivity index (χ4v) is 4.84. The number of para-hydroxylation sites is 2. The van der Waals surface area contributed by atoms with Gasteiger partial charge in [-0.1, -0.05) is 120 Å². The van der Waals surface area contributed by atoms with E-state index in [4.69, 9.17) is 33.2 Å². The Morgan fingerprint density at radius 2 is 0.812 bits per heavy atom. The highest BCUT2D eigenvalue weighted by molar-refractivity contribution is 6.44. The van der Waals surface area contributed by atoms with E-state index in [0.29, 0.717) is 21.1 Å². The van der Waals surface area contributed by atoms with Gasteiger partial charge in [0.1, 0.15) is 11.0 Å². The van der Waals surface area contributed by atoms with Crippen LogP contribution in [0.1, 0.15) is 0 Å². The fourth-order valence-electron chi connectivity index (χ4n) is 4.27. The van der Waals surface area contributed by atoms with E-state index in [-0.39, 0.29) is 0 Å². The first-order valence-electron chi connectivity index (χ1n) is 10.3. The lowest BCUT2D eigenvalue weighted by Gasteiger charge is -2.13. The quantitative estimate of drug-likeness (QED) is 0.247. The lowest BCUT2D eigenvalue weighted by atomic mass is 10.00. The van der Waals surface area contributed by atoms with Crippen LogP contribution in [-0.4, -0.2) is 9.97 Å². The first kappa shape index (κ1) is 19.2. The van der Waals surface area contributed by atoms with E-state index in [9.17, 15) is 0 Å². The first-order chi connectivity index (χ1) is 15.7. The Hall–Kier alpha value is -3.46.